The molecule has 0 radical (unpaired) electrons. The average molecular weight is 302 g/mol. The van der Waals surface area contributed by atoms with Gasteiger partial charge in [0.25, 0.3) is 0 Å². The molecule has 1 heterocycles. The Morgan fingerprint density at radius 3 is 2.33 bits per heavy atom. The normalized spacial score (nSPS) is 19.3. The summed E-state index contributed by atoms with van der Waals surface area (Å²) in [7, 11) is 1.50. The fourth-order valence-electron chi connectivity index (χ4n) is 2.53. The van der Waals surface area contributed by atoms with Gasteiger partial charge in [0, 0.05) is 19.2 Å². The van der Waals surface area contributed by atoms with Crippen molar-refractivity contribution in [1.82, 2.24) is 9.97 Å². The fraction of sp³-hybridized carbons (Fsp3) is 0.714. The lowest BCUT2D eigenvalue weighted by Gasteiger charge is -2.34. The zero-order chi connectivity index (χ0) is 15.7. The molecule has 0 aliphatic heterocycles. The van der Waals surface area contributed by atoms with Crippen LogP contribution in [0.15, 0.2) is 6.07 Å². The predicted molar refractivity (Wildman–Crippen MR) is 76.2 cm³/mol. The highest BCUT2D eigenvalue weighted by Crippen LogP contribution is 2.36. The molecule has 1 aliphatic rings. The van der Waals surface area contributed by atoms with E-state index in [2.05, 4.69) is 34.4 Å². The highest BCUT2D eigenvalue weighted by molar-refractivity contribution is 5.43. The van der Waals surface area contributed by atoms with Crippen molar-refractivity contribution < 1.29 is 13.2 Å². The Morgan fingerprint density at radius 1 is 1.19 bits per heavy atom. The van der Waals surface area contributed by atoms with Crippen molar-refractivity contribution in [2.24, 2.45) is 5.41 Å². The van der Waals surface area contributed by atoms with Gasteiger partial charge in [-0.3, -0.25) is 0 Å². The summed E-state index contributed by atoms with van der Waals surface area (Å²) in [6.45, 7) is 4.43. The molecule has 0 atom stereocenters. The summed E-state index contributed by atoms with van der Waals surface area (Å²) in [5.74, 6) is 0.204. The molecule has 118 valence electrons. The summed E-state index contributed by atoms with van der Waals surface area (Å²) in [6.07, 6.45) is -0.485. The lowest BCUT2D eigenvalue weighted by Crippen LogP contribution is -2.30. The first kappa shape index (κ1) is 15.9. The summed E-state index contributed by atoms with van der Waals surface area (Å²) in [4.78, 5) is 7.51. The van der Waals surface area contributed by atoms with E-state index in [9.17, 15) is 13.2 Å². The first-order chi connectivity index (χ1) is 9.69. The van der Waals surface area contributed by atoms with Gasteiger partial charge in [0.15, 0.2) is 5.69 Å². The van der Waals surface area contributed by atoms with Crippen molar-refractivity contribution in [3.05, 3.63) is 11.8 Å². The largest absolute Gasteiger partial charge is 0.433 e. The SMILES string of the molecule is CNc1nc(NC2CCC(C)(C)CC2)cc(C(F)(F)F)n1. The lowest BCUT2D eigenvalue weighted by molar-refractivity contribution is -0.141. The molecule has 1 aromatic rings. The number of alkyl halides is 3. The van der Waals surface area contributed by atoms with Crippen molar-refractivity contribution >= 4 is 11.8 Å². The quantitative estimate of drug-likeness (QED) is 0.888. The first-order valence-corrected chi connectivity index (χ1v) is 7.10. The minimum atomic E-state index is -4.47. The second kappa shape index (κ2) is 5.69. The average Bonchev–Trinajstić information content (AvgIpc) is 2.40. The van der Waals surface area contributed by atoms with Crippen LogP contribution in [0.25, 0.3) is 0 Å². The highest BCUT2D eigenvalue weighted by Gasteiger charge is 2.34. The maximum Gasteiger partial charge on any atom is 0.433 e. The third-order valence-electron chi connectivity index (χ3n) is 3.93. The molecule has 21 heavy (non-hydrogen) atoms. The fourth-order valence-corrected chi connectivity index (χ4v) is 2.53. The van der Waals surface area contributed by atoms with Gasteiger partial charge in [0.05, 0.1) is 0 Å². The molecular weight excluding hydrogens is 281 g/mol. The van der Waals surface area contributed by atoms with Gasteiger partial charge < -0.3 is 10.6 Å². The van der Waals surface area contributed by atoms with Gasteiger partial charge in [0.2, 0.25) is 5.95 Å². The number of nitrogens with one attached hydrogen (secondary N) is 2. The van der Waals surface area contributed by atoms with Crippen LogP contribution in [0.5, 0.6) is 0 Å². The molecule has 0 spiro atoms. The summed E-state index contributed by atoms with van der Waals surface area (Å²) < 4.78 is 38.5. The van der Waals surface area contributed by atoms with Crippen LogP contribution >= 0.6 is 0 Å². The molecule has 7 heteroatoms. The summed E-state index contributed by atoms with van der Waals surface area (Å²) >= 11 is 0. The van der Waals surface area contributed by atoms with Crippen LogP contribution in [-0.4, -0.2) is 23.1 Å². The second-order valence-electron chi connectivity index (χ2n) is 6.29. The molecule has 0 unspecified atom stereocenters. The molecule has 0 aromatic carbocycles. The van der Waals surface area contributed by atoms with E-state index < -0.39 is 11.9 Å². The molecule has 0 saturated heterocycles. The van der Waals surface area contributed by atoms with Crippen LogP contribution in [0.1, 0.15) is 45.2 Å². The highest BCUT2D eigenvalue weighted by atomic mass is 19.4. The van der Waals surface area contributed by atoms with Crippen molar-refractivity contribution in [3.8, 4) is 0 Å². The van der Waals surface area contributed by atoms with Crippen molar-refractivity contribution in [2.75, 3.05) is 17.7 Å². The number of hydrogen-bond acceptors (Lipinski definition) is 4. The maximum absolute atomic E-state index is 12.8. The number of halogens is 3. The topological polar surface area (TPSA) is 49.8 Å². The van der Waals surface area contributed by atoms with E-state index in [0.29, 0.717) is 5.41 Å². The smallest absolute Gasteiger partial charge is 0.367 e. The molecule has 2 rings (SSSR count). The predicted octanol–water partition coefficient (Wildman–Crippen LogP) is 3.92. The van der Waals surface area contributed by atoms with Gasteiger partial charge in [-0.05, 0) is 31.1 Å². The Balaban J connectivity index is 2.13. The van der Waals surface area contributed by atoms with E-state index in [-0.39, 0.29) is 17.8 Å². The van der Waals surface area contributed by atoms with Crippen molar-refractivity contribution in [3.63, 3.8) is 0 Å². The Morgan fingerprint density at radius 2 is 1.81 bits per heavy atom. The summed E-state index contributed by atoms with van der Waals surface area (Å²) in [6, 6.07) is 1.14. The molecule has 1 fully saturated rings. The zero-order valence-electron chi connectivity index (χ0n) is 12.5. The minimum Gasteiger partial charge on any atom is -0.367 e. The number of aromatic nitrogens is 2. The Bertz CT molecular complexity index is 489. The second-order valence-corrected chi connectivity index (χ2v) is 6.29. The molecule has 1 aliphatic carbocycles. The third kappa shape index (κ3) is 4.22. The van der Waals surface area contributed by atoms with E-state index in [1.165, 1.54) is 7.05 Å². The van der Waals surface area contributed by atoms with Crippen LogP contribution in [0, 0.1) is 5.41 Å². The first-order valence-electron chi connectivity index (χ1n) is 7.10. The van der Waals surface area contributed by atoms with Gasteiger partial charge >= 0.3 is 6.18 Å². The van der Waals surface area contributed by atoms with Gasteiger partial charge in [-0.25, -0.2) is 4.98 Å². The van der Waals surface area contributed by atoms with Crippen LogP contribution in [-0.2, 0) is 6.18 Å². The van der Waals surface area contributed by atoms with Gasteiger partial charge in [0.1, 0.15) is 5.82 Å². The van der Waals surface area contributed by atoms with Crippen LogP contribution in [0.3, 0.4) is 0 Å². The van der Waals surface area contributed by atoms with Gasteiger partial charge in [-0.15, -0.1) is 0 Å². The van der Waals surface area contributed by atoms with Crippen LogP contribution in [0.2, 0.25) is 0 Å². The molecule has 2 N–H and O–H groups in total. The number of hydrogen-bond donors (Lipinski definition) is 2. The third-order valence-corrected chi connectivity index (χ3v) is 3.93. The van der Waals surface area contributed by atoms with Gasteiger partial charge in [-0.1, -0.05) is 13.8 Å². The minimum absolute atomic E-state index is 0.0246. The van der Waals surface area contributed by atoms with E-state index in [0.717, 1.165) is 31.7 Å². The molecule has 4 nitrogen and oxygen atoms in total. The monoisotopic (exact) mass is 302 g/mol. The van der Waals surface area contributed by atoms with Crippen molar-refractivity contribution in [1.29, 1.82) is 0 Å². The molecule has 1 aromatic heterocycles. The van der Waals surface area contributed by atoms with Crippen LogP contribution < -0.4 is 10.6 Å². The number of rotatable bonds is 3. The molecule has 1 saturated carbocycles. The number of anilines is 2. The molecular formula is C14H21F3N4. The molecule has 0 amide bonds. The van der Waals surface area contributed by atoms with Crippen molar-refractivity contribution in [2.45, 2.75) is 51.7 Å². The van der Waals surface area contributed by atoms with E-state index >= 15 is 0 Å². The van der Waals surface area contributed by atoms with E-state index in [1.807, 2.05) is 0 Å². The summed E-state index contributed by atoms with van der Waals surface area (Å²) in [5, 5.41) is 5.68. The Kier molecular flexibility index (Phi) is 4.30. The lowest BCUT2D eigenvalue weighted by atomic mass is 9.75. The van der Waals surface area contributed by atoms with E-state index in [4.69, 9.17) is 0 Å². The molecule has 0 bridgehead atoms. The Labute approximate surface area is 122 Å². The maximum atomic E-state index is 12.8. The Hall–Kier alpha value is -1.53. The number of nitrogens with zero attached hydrogens (tertiary/aromatic N) is 2. The van der Waals surface area contributed by atoms with Gasteiger partial charge in [-0.2, -0.15) is 18.2 Å². The standard InChI is InChI=1S/C14H21F3N4/c1-13(2)6-4-9(5-7-13)19-11-8-10(14(15,16)17)20-12(18-3)21-11/h8-9H,4-7H2,1-3H3,(H2,18,19,20,21). The van der Waals surface area contributed by atoms with E-state index in [1.54, 1.807) is 0 Å². The zero-order valence-corrected chi connectivity index (χ0v) is 12.5. The summed E-state index contributed by atoms with van der Waals surface area (Å²) in [5.41, 5.74) is -0.614. The van der Waals surface area contributed by atoms with Crippen LogP contribution in [0.4, 0.5) is 24.9 Å².